The van der Waals surface area contributed by atoms with Crippen LogP contribution in [0.3, 0.4) is 0 Å². The molecule has 1 saturated heterocycles. The molecule has 0 aliphatic carbocycles. The molecule has 1 aromatic heterocycles. The second-order valence-electron chi connectivity index (χ2n) is 7.24. The van der Waals surface area contributed by atoms with Crippen LogP contribution in [0.2, 0.25) is 5.02 Å². The quantitative estimate of drug-likeness (QED) is 0.838. The molecule has 0 saturated carbocycles. The number of carbonyl (C=O) groups excluding carboxylic acids is 2. The number of benzene rings is 1. The number of furan rings is 1. The summed E-state index contributed by atoms with van der Waals surface area (Å²) in [5, 5.41) is 3.63. The Hall–Kier alpha value is -2.27. The molecule has 1 N–H and O–H groups in total. The molecule has 2 aromatic rings. The van der Waals surface area contributed by atoms with Crippen LogP contribution >= 0.6 is 11.6 Å². The van der Waals surface area contributed by atoms with Gasteiger partial charge in [-0.15, -0.1) is 0 Å². The van der Waals surface area contributed by atoms with Crippen molar-refractivity contribution < 1.29 is 14.0 Å². The predicted octanol–water partition coefficient (Wildman–Crippen LogP) is 4.11. The SMILES string of the molecule is CC(C)C(=O)N1CCC(C(=O)NCc2ccc(-c3ccc(Cl)cc3)o2)CC1. The molecule has 3 rings (SSSR count). The van der Waals surface area contributed by atoms with Crippen LogP contribution in [0.25, 0.3) is 11.3 Å². The number of halogens is 1. The maximum absolute atomic E-state index is 12.4. The Morgan fingerprint density at radius 1 is 1.15 bits per heavy atom. The molecule has 2 amide bonds. The maximum atomic E-state index is 12.4. The number of likely N-dealkylation sites (tertiary alicyclic amines) is 1. The highest BCUT2D eigenvalue weighted by Crippen LogP contribution is 2.24. The van der Waals surface area contributed by atoms with Crippen molar-refractivity contribution in [3.63, 3.8) is 0 Å². The lowest BCUT2D eigenvalue weighted by Crippen LogP contribution is -2.44. The van der Waals surface area contributed by atoms with E-state index in [2.05, 4.69) is 5.32 Å². The third-order valence-electron chi connectivity index (χ3n) is 4.90. The minimum atomic E-state index is -0.0492. The van der Waals surface area contributed by atoms with Crippen LogP contribution in [0, 0.1) is 11.8 Å². The van der Waals surface area contributed by atoms with Crippen LogP contribution < -0.4 is 5.32 Å². The van der Waals surface area contributed by atoms with Gasteiger partial charge < -0.3 is 14.6 Å². The van der Waals surface area contributed by atoms with Gasteiger partial charge in [0.1, 0.15) is 11.5 Å². The molecule has 1 aromatic carbocycles. The predicted molar refractivity (Wildman–Crippen MR) is 105 cm³/mol. The van der Waals surface area contributed by atoms with Gasteiger partial charge in [-0.25, -0.2) is 0 Å². The van der Waals surface area contributed by atoms with E-state index in [9.17, 15) is 9.59 Å². The van der Waals surface area contributed by atoms with E-state index >= 15 is 0 Å². The van der Waals surface area contributed by atoms with Crippen molar-refractivity contribution in [3.8, 4) is 11.3 Å². The number of hydrogen-bond acceptors (Lipinski definition) is 3. The molecule has 1 fully saturated rings. The first-order valence-corrected chi connectivity index (χ1v) is 9.73. The Morgan fingerprint density at radius 2 is 1.81 bits per heavy atom. The van der Waals surface area contributed by atoms with Gasteiger partial charge in [0.25, 0.3) is 0 Å². The Balaban J connectivity index is 1.49. The second kappa shape index (κ2) is 8.61. The Kier molecular flexibility index (Phi) is 6.22. The Labute approximate surface area is 164 Å². The van der Waals surface area contributed by atoms with E-state index in [1.165, 1.54) is 0 Å². The van der Waals surface area contributed by atoms with Gasteiger partial charge in [0.2, 0.25) is 11.8 Å². The average Bonchev–Trinajstić information content (AvgIpc) is 3.15. The van der Waals surface area contributed by atoms with Gasteiger partial charge in [-0.3, -0.25) is 9.59 Å². The van der Waals surface area contributed by atoms with Gasteiger partial charge in [-0.1, -0.05) is 25.4 Å². The van der Waals surface area contributed by atoms with Gasteiger partial charge in [0, 0.05) is 35.5 Å². The summed E-state index contributed by atoms with van der Waals surface area (Å²) in [6, 6.07) is 11.2. The normalized spacial score (nSPS) is 15.2. The van der Waals surface area contributed by atoms with Crippen molar-refractivity contribution in [1.29, 1.82) is 0 Å². The maximum Gasteiger partial charge on any atom is 0.225 e. The van der Waals surface area contributed by atoms with Crippen molar-refractivity contribution in [3.05, 3.63) is 47.2 Å². The van der Waals surface area contributed by atoms with Gasteiger partial charge in [-0.05, 0) is 49.2 Å². The van der Waals surface area contributed by atoms with Gasteiger partial charge in [0.05, 0.1) is 6.54 Å². The molecule has 6 heteroatoms. The van der Waals surface area contributed by atoms with Crippen LogP contribution in [-0.2, 0) is 16.1 Å². The second-order valence-corrected chi connectivity index (χ2v) is 7.68. The summed E-state index contributed by atoms with van der Waals surface area (Å²) in [6.07, 6.45) is 1.41. The molecule has 144 valence electrons. The van der Waals surface area contributed by atoms with E-state index in [0.29, 0.717) is 43.3 Å². The fraction of sp³-hybridized carbons (Fsp3) is 0.429. The zero-order valence-corrected chi connectivity index (χ0v) is 16.5. The largest absolute Gasteiger partial charge is 0.459 e. The van der Waals surface area contributed by atoms with Crippen molar-refractivity contribution in [1.82, 2.24) is 10.2 Å². The van der Waals surface area contributed by atoms with Crippen molar-refractivity contribution >= 4 is 23.4 Å². The number of amides is 2. The minimum Gasteiger partial charge on any atom is -0.459 e. The molecule has 0 atom stereocenters. The smallest absolute Gasteiger partial charge is 0.225 e. The van der Waals surface area contributed by atoms with Crippen molar-refractivity contribution in [2.24, 2.45) is 11.8 Å². The molecular weight excluding hydrogens is 364 g/mol. The summed E-state index contributed by atoms with van der Waals surface area (Å²) < 4.78 is 5.81. The zero-order chi connectivity index (χ0) is 19.4. The topological polar surface area (TPSA) is 62.6 Å². The molecule has 0 bridgehead atoms. The highest BCUT2D eigenvalue weighted by molar-refractivity contribution is 6.30. The van der Waals surface area contributed by atoms with Crippen LogP contribution in [0.4, 0.5) is 0 Å². The van der Waals surface area contributed by atoms with E-state index in [1.54, 1.807) is 0 Å². The van der Waals surface area contributed by atoms with Crippen LogP contribution in [0.15, 0.2) is 40.8 Å². The lowest BCUT2D eigenvalue weighted by Gasteiger charge is -2.32. The number of hydrogen-bond donors (Lipinski definition) is 1. The Morgan fingerprint density at radius 3 is 2.44 bits per heavy atom. The van der Waals surface area contributed by atoms with Crippen molar-refractivity contribution in [2.75, 3.05) is 13.1 Å². The minimum absolute atomic E-state index is 0.00386. The third-order valence-corrected chi connectivity index (χ3v) is 5.15. The fourth-order valence-corrected chi connectivity index (χ4v) is 3.41. The summed E-state index contributed by atoms with van der Waals surface area (Å²) in [4.78, 5) is 26.3. The fourth-order valence-electron chi connectivity index (χ4n) is 3.29. The van der Waals surface area contributed by atoms with E-state index in [4.69, 9.17) is 16.0 Å². The number of nitrogens with zero attached hydrogens (tertiary/aromatic N) is 1. The molecule has 1 aliphatic heterocycles. The molecular formula is C21H25ClN2O3. The van der Waals surface area contributed by atoms with Crippen molar-refractivity contribution in [2.45, 2.75) is 33.2 Å². The number of piperidine rings is 1. The van der Waals surface area contributed by atoms with Gasteiger partial charge in [-0.2, -0.15) is 0 Å². The summed E-state index contributed by atoms with van der Waals surface area (Å²) in [5.74, 6) is 1.60. The highest BCUT2D eigenvalue weighted by Gasteiger charge is 2.28. The summed E-state index contributed by atoms with van der Waals surface area (Å²) >= 11 is 5.90. The molecule has 5 nitrogen and oxygen atoms in total. The monoisotopic (exact) mass is 388 g/mol. The molecule has 27 heavy (non-hydrogen) atoms. The lowest BCUT2D eigenvalue weighted by atomic mass is 9.95. The van der Waals surface area contributed by atoms with Gasteiger partial charge in [0.15, 0.2) is 0 Å². The number of carbonyl (C=O) groups is 2. The first-order valence-electron chi connectivity index (χ1n) is 9.35. The first kappa shape index (κ1) is 19.5. The number of rotatable bonds is 5. The Bertz CT molecular complexity index is 790. The van der Waals surface area contributed by atoms with E-state index < -0.39 is 0 Å². The van der Waals surface area contributed by atoms with E-state index in [0.717, 1.165) is 11.3 Å². The highest BCUT2D eigenvalue weighted by atomic mass is 35.5. The van der Waals surface area contributed by atoms with Gasteiger partial charge >= 0.3 is 0 Å². The average molecular weight is 389 g/mol. The number of nitrogens with one attached hydrogen (secondary N) is 1. The third kappa shape index (κ3) is 4.92. The molecule has 0 unspecified atom stereocenters. The van der Waals surface area contributed by atoms with Crippen LogP contribution in [0.1, 0.15) is 32.4 Å². The van der Waals surface area contributed by atoms with E-state index in [1.807, 2.05) is 55.1 Å². The summed E-state index contributed by atoms with van der Waals surface area (Å²) in [6.45, 7) is 5.47. The summed E-state index contributed by atoms with van der Waals surface area (Å²) in [5.41, 5.74) is 0.944. The lowest BCUT2D eigenvalue weighted by molar-refractivity contribution is -0.138. The van der Waals surface area contributed by atoms with E-state index in [-0.39, 0.29) is 23.7 Å². The van der Waals surface area contributed by atoms with Crippen LogP contribution in [0.5, 0.6) is 0 Å². The molecule has 0 spiro atoms. The zero-order valence-electron chi connectivity index (χ0n) is 15.7. The summed E-state index contributed by atoms with van der Waals surface area (Å²) in [7, 11) is 0. The molecule has 1 aliphatic rings. The first-order chi connectivity index (χ1) is 12.9. The van der Waals surface area contributed by atoms with Crippen LogP contribution in [-0.4, -0.2) is 29.8 Å². The standard InChI is InChI=1S/C21H25ClN2O3/c1-14(2)21(26)24-11-9-16(10-12-24)20(25)23-13-18-7-8-19(27-18)15-3-5-17(22)6-4-15/h3-8,14,16H,9-13H2,1-2H3,(H,23,25). The molecule has 2 heterocycles. The molecule has 0 radical (unpaired) electrons.